The molecular formula is C48H50N8O4Si. The second kappa shape index (κ2) is 14.9. The Bertz CT molecular complexity index is 2650. The van der Waals surface area contributed by atoms with Gasteiger partial charge in [0.05, 0.1) is 0 Å². The molecule has 3 aromatic carbocycles. The number of nitrogens with one attached hydrogen (secondary N) is 1. The summed E-state index contributed by atoms with van der Waals surface area (Å²) in [5, 5.41) is 26.0. The highest BCUT2D eigenvalue weighted by Crippen LogP contribution is 2.49. The van der Waals surface area contributed by atoms with Crippen LogP contribution in [-0.4, -0.2) is 83.5 Å². The number of aliphatic hydroxyl groups is 2. The Morgan fingerprint density at radius 3 is 1.89 bits per heavy atom. The van der Waals surface area contributed by atoms with Gasteiger partial charge in [0.2, 0.25) is 0 Å². The standard InChI is InChI=1S/C48H50N8O4Si/c57-25-29-17-21-31(22-18-29)27-59-61(60-28-32-23-19-30(26-58)20-24-32)55-45-37-13-5-6-14-38(37)47(55)53-43-35-11-3-4-12-36(35)44(50-43)54-48-40-16-8-7-15-39(40)46(56(48)61)52-42-34-10-2-1-9-33(34)41(49-42)51-45/h1-3,5-11,13-16,29-32,45,57-58H,4,12,17-28H2,(H,49,51,52). The minimum absolute atomic E-state index is 0.222. The first-order valence-corrected chi connectivity index (χ1v) is 24.0. The van der Waals surface area contributed by atoms with E-state index in [2.05, 4.69) is 93.0 Å². The zero-order valence-electron chi connectivity index (χ0n) is 34.2. The predicted molar refractivity (Wildman–Crippen MR) is 240 cm³/mol. The van der Waals surface area contributed by atoms with Crippen LogP contribution in [-0.2, 0) is 8.85 Å². The molecule has 3 N–H and O–H groups in total. The number of benzene rings is 3. The molecule has 1 unspecified atom stereocenters. The lowest BCUT2D eigenvalue weighted by molar-refractivity contribution is 0.0557. The minimum Gasteiger partial charge on any atom is -0.396 e. The Balaban J connectivity index is 1.17. The molecule has 0 spiro atoms. The average molecular weight is 831 g/mol. The van der Waals surface area contributed by atoms with Crippen molar-refractivity contribution < 1.29 is 19.1 Å². The van der Waals surface area contributed by atoms with Gasteiger partial charge in [0.15, 0.2) is 17.5 Å². The fourth-order valence-electron chi connectivity index (χ4n) is 10.9. The van der Waals surface area contributed by atoms with Crippen LogP contribution >= 0.6 is 0 Å². The van der Waals surface area contributed by atoms with E-state index in [0.717, 1.165) is 120 Å². The third-order valence-electron chi connectivity index (χ3n) is 14.3. The highest BCUT2D eigenvalue weighted by molar-refractivity contribution is 6.68. The Labute approximate surface area is 356 Å². The summed E-state index contributed by atoms with van der Waals surface area (Å²) >= 11 is 0. The van der Waals surface area contributed by atoms with Crippen LogP contribution in [0.25, 0.3) is 10.8 Å². The number of aromatic nitrogens is 1. The van der Waals surface area contributed by atoms with E-state index in [1.807, 2.05) is 6.07 Å². The third kappa shape index (κ3) is 6.03. The Hall–Kier alpha value is -5.31. The lowest BCUT2D eigenvalue weighted by atomic mass is 9.83. The molecule has 6 heterocycles. The van der Waals surface area contributed by atoms with Crippen LogP contribution in [0.5, 0.6) is 0 Å². The molecule has 8 aliphatic rings. The highest BCUT2D eigenvalue weighted by atomic mass is 28.4. The van der Waals surface area contributed by atoms with Crippen molar-refractivity contribution >= 4 is 60.5 Å². The summed E-state index contributed by atoms with van der Waals surface area (Å²) < 4.78 is 20.4. The van der Waals surface area contributed by atoms with Gasteiger partial charge in [-0.05, 0) is 87.9 Å². The van der Waals surface area contributed by atoms with Crippen LogP contribution in [0.3, 0.4) is 0 Å². The van der Waals surface area contributed by atoms with Gasteiger partial charge >= 0.3 is 8.88 Å². The van der Waals surface area contributed by atoms with Crippen LogP contribution < -0.4 is 5.32 Å². The molecule has 6 bridgehead atoms. The SMILES string of the molecule is OCC1CCC(CO[Si]2(OCC3CCC(CO)CC3)N3C4=NC5=NC(=Nc6c7ccccc7c(n62)N=C2N=C(NC3c3ccccc34)c3ccccc32)C2=C5C=CCC2)CC1. The molecule has 2 fully saturated rings. The predicted octanol–water partition coefficient (Wildman–Crippen LogP) is 7.86. The zero-order chi connectivity index (χ0) is 40.7. The van der Waals surface area contributed by atoms with Crippen LogP contribution in [0.4, 0.5) is 11.6 Å². The molecule has 0 radical (unpaired) electrons. The van der Waals surface area contributed by atoms with E-state index in [0.29, 0.717) is 54.2 Å². The van der Waals surface area contributed by atoms with Gasteiger partial charge in [-0.3, -0.25) is 8.80 Å². The molecule has 310 valence electrons. The van der Waals surface area contributed by atoms with Crippen molar-refractivity contribution in [1.29, 1.82) is 0 Å². The molecule has 3 aliphatic carbocycles. The Kier molecular flexibility index (Phi) is 9.18. The second-order valence-corrected chi connectivity index (χ2v) is 20.5. The zero-order valence-corrected chi connectivity index (χ0v) is 35.2. The Morgan fingerprint density at radius 1 is 0.623 bits per heavy atom. The van der Waals surface area contributed by atoms with Crippen LogP contribution in [0.1, 0.15) is 92.6 Å². The molecule has 0 amide bonds. The summed E-state index contributed by atoms with van der Waals surface area (Å²) in [4.78, 5) is 27.5. The summed E-state index contributed by atoms with van der Waals surface area (Å²) in [7, 11) is -4.12. The van der Waals surface area contributed by atoms with Crippen molar-refractivity contribution in [2.45, 2.75) is 70.4 Å². The summed E-state index contributed by atoms with van der Waals surface area (Å²) in [6, 6.07) is 25.3. The van der Waals surface area contributed by atoms with Gasteiger partial charge in [0.25, 0.3) is 0 Å². The molecule has 5 aliphatic heterocycles. The number of aliphatic hydroxyl groups excluding tert-OH is 2. The van der Waals surface area contributed by atoms with Crippen molar-refractivity contribution in [2.75, 3.05) is 26.4 Å². The summed E-state index contributed by atoms with van der Waals surface area (Å²) in [6.07, 6.45) is 13.3. The molecule has 0 saturated heterocycles. The normalized spacial score (nSPS) is 28.3. The lowest BCUT2D eigenvalue weighted by Gasteiger charge is -2.44. The molecule has 1 atom stereocenters. The summed E-state index contributed by atoms with van der Waals surface area (Å²) in [5.74, 6) is 6.01. The van der Waals surface area contributed by atoms with Gasteiger partial charge in [-0.15, -0.1) is 0 Å². The van der Waals surface area contributed by atoms with E-state index >= 15 is 0 Å². The van der Waals surface area contributed by atoms with Crippen molar-refractivity contribution in [3.8, 4) is 0 Å². The maximum atomic E-state index is 10.1. The summed E-state index contributed by atoms with van der Waals surface area (Å²) in [5.41, 5.74) is 6.08. The van der Waals surface area contributed by atoms with E-state index in [4.69, 9.17) is 33.8 Å². The van der Waals surface area contributed by atoms with E-state index in [1.54, 1.807) is 0 Å². The van der Waals surface area contributed by atoms with Crippen LogP contribution in [0.2, 0.25) is 0 Å². The maximum absolute atomic E-state index is 10.1. The van der Waals surface area contributed by atoms with Crippen molar-refractivity contribution in [3.63, 3.8) is 0 Å². The number of rotatable bonds is 8. The fourth-order valence-corrected chi connectivity index (χ4v) is 14.5. The molecule has 1 aromatic heterocycles. The molecule has 4 aromatic rings. The smallest absolute Gasteiger partial charge is 0.396 e. The van der Waals surface area contributed by atoms with E-state index in [-0.39, 0.29) is 25.0 Å². The number of hydrogen-bond acceptors (Lipinski definition) is 11. The largest absolute Gasteiger partial charge is 0.599 e. The molecule has 12 nitrogen and oxygen atoms in total. The quantitative estimate of drug-likeness (QED) is 0.155. The third-order valence-corrected chi connectivity index (χ3v) is 17.5. The van der Waals surface area contributed by atoms with E-state index in [1.165, 1.54) is 0 Å². The van der Waals surface area contributed by atoms with Crippen molar-refractivity contribution in [3.05, 3.63) is 118 Å². The number of aliphatic imine (C=N–C) groups is 5. The van der Waals surface area contributed by atoms with Crippen molar-refractivity contribution in [2.24, 2.45) is 48.6 Å². The van der Waals surface area contributed by atoms with Crippen molar-refractivity contribution in [1.82, 2.24) is 14.1 Å². The molecule has 61 heavy (non-hydrogen) atoms. The van der Waals surface area contributed by atoms with Gasteiger partial charge in [-0.25, -0.2) is 25.0 Å². The molecule has 12 rings (SSSR count). The van der Waals surface area contributed by atoms with Gasteiger partial charge in [0, 0.05) is 70.6 Å². The highest BCUT2D eigenvalue weighted by Gasteiger charge is 2.61. The number of nitrogens with zero attached hydrogens (tertiary/aromatic N) is 7. The minimum atomic E-state index is -4.12. The second-order valence-electron chi connectivity index (χ2n) is 17.9. The number of allylic oxidation sites excluding steroid dienone is 1. The van der Waals surface area contributed by atoms with Gasteiger partial charge in [-0.2, -0.15) is 0 Å². The van der Waals surface area contributed by atoms with Crippen LogP contribution in [0, 0.1) is 23.7 Å². The molecule has 2 saturated carbocycles. The lowest BCUT2D eigenvalue weighted by Crippen LogP contribution is -2.67. The Morgan fingerprint density at radius 2 is 1.21 bits per heavy atom. The maximum Gasteiger partial charge on any atom is 0.599 e. The van der Waals surface area contributed by atoms with E-state index < -0.39 is 15.0 Å². The first-order valence-electron chi connectivity index (χ1n) is 22.3. The number of amidine groups is 5. The van der Waals surface area contributed by atoms with Gasteiger partial charge in [0.1, 0.15) is 29.5 Å². The summed E-state index contributed by atoms with van der Waals surface area (Å²) in [6.45, 7) is 1.38. The average Bonchev–Trinajstić information content (AvgIpc) is 4.03. The van der Waals surface area contributed by atoms with Gasteiger partial charge < -0.3 is 24.4 Å². The fraction of sp³-hybridized carbons (Fsp3) is 0.396. The molecule has 13 heteroatoms. The van der Waals surface area contributed by atoms with Gasteiger partial charge in [-0.1, -0.05) is 84.9 Å². The van der Waals surface area contributed by atoms with E-state index in [9.17, 15) is 10.2 Å². The topological polar surface area (TPSA) is 141 Å². The first kappa shape index (κ1) is 37.4. The monoisotopic (exact) mass is 830 g/mol. The number of fused-ring (bicyclic) bond motifs is 13. The number of hydrogen-bond donors (Lipinski definition) is 3. The first-order chi connectivity index (χ1) is 30.1. The molecular weight excluding hydrogens is 781 g/mol. The van der Waals surface area contributed by atoms with Crippen LogP contribution in [0.15, 0.2) is 121 Å².